The summed E-state index contributed by atoms with van der Waals surface area (Å²) in [6.45, 7) is 1.52. The molecule has 0 saturated carbocycles. The Balaban J connectivity index is 1.52. The van der Waals surface area contributed by atoms with E-state index in [9.17, 15) is 4.79 Å². The molecule has 8 heteroatoms. The van der Waals surface area contributed by atoms with Crippen LogP contribution in [0.1, 0.15) is 11.3 Å². The first-order valence-corrected chi connectivity index (χ1v) is 9.97. The maximum absolute atomic E-state index is 12.3. The quantitative estimate of drug-likeness (QED) is 0.389. The van der Waals surface area contributed by atoms with E-state index in [-0.39, 0.29) is 5.69 Å². The zero-order valence-corrected chi connectivity index (χ0v) is 15.8. The van der Waals surface area contributed by atoms with Crippen molar-refractivity contribution >= 4 is 27.9 Å². The number of nitrogens with one attached hydrogen (secondary N) is 3. The largest absolute Gasteiger partial charge is 0.348 e. The molecule has 0 aliphatic carbocycles. The van der Waals surface area contributed by atoms with Crippen LogP contribution in [0.2, 0.25) is 0 Å². The summed E-state index contributed by atoms with van der Waals surface area (Å²) in [5.41, 5.74) is 5.74. The van der Waals surface area contributed by atoms with Crippen molar-refractivity contribution in [3.05, 3.63) is 75.4 Å². The van der Waals surface area contributed by atoms with Crippen LogP contribution in [0, 0.1) is 0 Å². The summed E-state index contributed by atoms with van der Waals surface area (Å²) in [6.07, 6.45) is 4.41. The first-order valence-electron chi connectivity index (χ1n) is 9.03. The molecule has 0 unspecified atom stereocenters. The lowest BCUT2D eigenvalue weighted by Crippen LogP contribution is -2.18. The van der Waals surface area contributed by atoms with Gasteiger partial charge < -0.3 is 10.3 Å². The minimum atomic E-state index is -0.221. The predicted molar refractivity (Wildman–Crippen MR) is 111 cm³/mol. The molecule has 28 heavy (non-hydrogen) atoms. The number of aromatic nitrogens is 5. The molecule has 3 N–H and O–H groups in total. The maximum Gasteiger partial charge on any atom is 0.348 e. The van der Waals surface area contributed by atoms with Gasteiger partial charge in [0.15, 0.2) is 5.65 Å². The second kappa shape index (κ2) is 7.06. The average molecular weight is 390 g/mol. The van der Waals surface area contributed by atoms with Gasteiger partial charge >= 0.3 is 5.69 Å². The molecule has 0 saturated heterocycles. The zero-order valence-electron chi connectivity index (χ0n) is 15.0. The van der Waals surface area contributed by atoms with Crippen molar-refractivity contribution in [3.8, 4) is 11.1 Å². The molecule has 0 bridgehead atoms. The first kappa shape index (κ1) is 16.9. The number of rotatable bonds is 6. The molecule has 0 aliphatic rings. The van der Waals surface area contributed by atoms with Crippen LogP contribution in [-0.2, 0) is 13.0 Å². The molecule has 0 radical (unpaired) electrons. The van der Waals surface area contributed by atoms with Gasteiger partial charge in [-0.3, -0.25) is 0 Å². The highest BCUT2D eigenvalue weighted by Gasteiger charge is 2.12. The highest BCUT2D eigenvalue weighted by Crippen LogP contribution is 2.28. The van der Waals surface area contributed by atoms with E-state index in [4.69, 9.17) is 0 Å². The number of imidazole rings is 1. The molecule has 4 aromatic heterocycles. The molecule has 0 aliphatic heterocycles. The standard InChI is InChI=1S/C20H18N6OS/c27-20-25-24-19-8-15(9-21-5-3-16-10-22-12-23-16)17-2-1-13(7-18(17)26(19)20)14-4-6-28-11-14/h1-2,4,6-8,10-12,21H,3,5,9H2,(H,22,23)(H,25,27). The van der Waals surface area contributed by atoms with Gasteiger partial charge in [0, 0.05) is 36.8 Å². The van der Waals surface area contributed by atoms with E-state index < -0.39 is 0 Å². The predicted octanol–water partition coefficient (Wildman–Crippen LogP) is 2.96. The first-order chi connectivity index (χ1) is 13.8. The zero-order chi connectivity index (χ0) is 18.9. The van der Waals surface area contributed by atoms with Gasteiger partial charge in [-0.15, -0.1) is 0 Å². The van der Waals surface area contributed by atoms with E-state index in [1.54, 1.807) is 22.1 Å². The number of nitrogens with zero attached hydrogens (tertiary/aromatic N) is 3. The molecule has 140 valence electrons. The third-order valence-electron chi connectivity index (χ3n) is 4.88. The Morgan fingerprint density at radius 3 is 2.96 bits per heavy atom. The minimum Gasteiger partial charge on any atom is -0.348 e. The van der Waals surface area contributed by atoms with Crippen molar-refractivity contribution in [2.45, 2.75) is 13.0 Å². The van der Waals surface area contributed by atoms with Crippen LogP contribution in [0.15, 0.2) is 58.4 Å². The molecule has 0 amide bonds. The van der Waals surface area contributed by atoms with Crippen molar-refractivity contribution in [2.24, 2.45) is 0 Å². The molecule has 0 spiro atoms. The molecular weight excluding hydrogens is 372 g/mol. The van der Waals surface area contributed by atoms with Gasteiger partial charge in [0.2, 0.25) is 0 Å². The Hall–Kier alpha value is -3.23. The van der Waals surface area contributed by atoms with Crippen molar-refractivity contribution in [2.75, 3.05) is 6.54 Å². The van der Waals surface area contributed by atoms with Gasteiger partial charge in [-0.1, -0.05) is 12.1 Å². The number of H-pyrrole nitrogens is 2. The molecule has 0 fully saturated rings. The smallest absolute Gasteiger partial charge is 0.348 e. The lowest BCUT2D eigenvalue weighted by atomic mass is 10.0. The summed E-state index contributed by atoms with van der Waals surface area (Å²) in [5, 5.41) is 15.4. The van der Waals surface area contributed by atoms with Crippen LogP contribution >= 0.6 is 11.3 Å². The maximum atomic E-state index is 12.3. The monoisotopic (exact) mass is 390 g/mol. The van der Waals surface area contributed by atoms with Gasteiger partial charge in [0.25, 0.3) is 0 Å². The van der Waals surface area contributed by atoms with Crippen LogP contribution in [0.3, 0.4) is 0 Å². The van der Waals surface area contributed by atoms with Crippen LogP contribution in [-0.4, -0.2) is 31.1 Å². The highest BCUT2D eigenvalue weighted by atomic mass is 32.1. The third kappa shape index (κ3) is 3.02. The lowest BCUT2D eigenvalue weighted by molar-refractivity contribution is 0.684. The number of thiophene rings is 1. The molecule has 1 aromatic carbocycles. The van der Waals surface area contributed by atoms with Gasteiger partial charge in [-0.05, 0) is 45.6 Å². The Bertz CT molecular complexity index is 1280. The van der Waals surface area contributed by atoms with Crippen molar-refractivity contribution in [1.29, 1.82) is 0 Å². The molecule has 0 atom stereocenters. The molecular formula is C20H18N6OS. The number of aromatic amines is 2. The molecule has 4 heterocycles. The summed E-state index contributed by atoms with van der Waals surface area (Å²) in [6, 6.07) is 10.3. The van der Waals surface area contributed by atoms with Gasteiger partial charge in [0.05, 0.1) is 11.8 Å². The van der Waals surface area contributed by atoms with Gasteiger partial charge in [-0.2, -0.15) is 16.4 Å². The summed E-state index contributed by atoms with van der Waals surface area (Å²) >= 11 is 1.66. The van der Waals surface area contributed by atoms with Crippen LogP contribution in [0.25, 0.3) is 27.7 Å². The fourth-order valence-corrected chi connectivity index (χ4v) is 4.15. The number of fused-ring (bicyclic) bond motifs is 3. The molecule has 5 rings (SSSR count). The minimum absolute atomic E-state index is 0.221. The topological polar surface area (TPSA) is 90.9 Å². The second-order valence-electron chi connectivity index (χ2n) is 6.64. The van der Waals surface area contributed by atoms with E-state index >= 15 is 0 Å². The summed E-state index contributed by atoms with van der Waals surface area (Å²) in [5.74, 6) is 0. The van der Waals surface area contributed by atoms with E-state index in [1.807, 2.05) is 12.3 Å². The second-order valence-corrected chi connectivity index (χ2v) is 7.42. The van der Waals surface area contributed by atoms with Crippen molar-refractivity contribution < 1.29 is 0 Å². The average Bonchev–Trinajstić information content (AvgIpc) is 3.47. The van der Waals surface area contributed by atoms with Crippen LogP contribution in [0.5, 0.6) is 0 Å². The Morgan fingerprint density at radius 1 is 1.18 bits per heavy atom. The van der Waals surface area contributed by atoms with Gasteiger partial charge in [0.1, 0.15) is 0 Å². The van der Waals surface area contributed by atoms with Crippen molar-refractivity contribution in [3.63, 3.8) is 0 Å². The Labute approximate surface area is 164 Å². The summed E-state index contributed by atoms with van der Waals surface area (Å²) in [7, 11) is 0. The SMILES string of the molecule is O=c1[nH]nc2cc(CNCCc3cnc[nH]3)c3ccc(-c4ccsc4)cc3n12. The number of benzene rings is 1. The molecule has 5 aromatic rings. The van der Waals surface area contributed by atoms with E-state index in [0.717, 1.165) is 46.3 Å². The van der Waals surface area contributed by atoms with E-state index in [0.29, 0.717) is 12.2 Å². The van der Waals surface area contributed by atoms with E-state index in [2.05, 4.69) is 60.5 Å². The van der Waals surface area contributed by atoms with Crippen molar-refractivity contribution in [1.82, 2.24) is 29.9 Å². The van der Waals surface area contributed by atoms with Gasteiger partial charge in [-0.25, -0.2) is 19.3 Å². The van der Waals surface area contributed by atoms with Crippen LogP contribution < -0.4 is 11.0 Å². The normalized spacial score (nSPS) is 11.6. The summed E-state index contributed by atoms with van der Waals surface area (Å²) in [4.78, 5) is 19.5. The lowest BCUT2D eigenvalue weighted by Gasteiger charge is -2.11. The van der Waals surface area contributed by atoms with E-state index in [1.165, 1.54) is 0 Å². The summed E-state index contributed by atoms with van der Waals surface area (Å²) < 4.78 is 1.64. The Morgan fingerprint density at radius 2 is 2.14 bits per heavy atom. The number of hydrogen-bond acceptors (Lipinski definition) is 5. The fourth-order valence-electron chi connectivity index (χ4n) is 3.48. The van der Waals surface area contributed by atoms with Crippen LogP contribution in [0.4, 0.5) is 0 Å². The number of pyridine rings is 1. The third-order valence-corrected chi connectivity index (χ3v) is 5.57. The highest BCUT2D eigenvalue weighted by molar-refractivity contribution is 7.08. The number of hydrogen-bond donors (Lipinski definition) is 3. The Kier molecular flexibility index (Phi) is 4.27. The fraction of sp³-hybridized carbons (Fsp3) is 0.150. The molecule has 7 nitrogen and oxygen atoms in total.